The van der Waals surface area contributed by atoms with Crippen LogP contribution in [0, 0.1) is 11.7 Å². The number of nitrogens with zero attached hydrogens (tertiary/aromatic N) is 4. The van der Waals surface area contributed by atoms with Crippen LogP contribution in [0.25, 0.3) is 0 Å². The molecule has 0 aliphatic carbocycles. The quantitative estimate of drug-likeness (QED) is 0.797. The Kier molecular flexibility index (Phi) is 6.04. The van der Waals surface area contributed by atoms with Gasteiger partial charge in [-0.05, 0) is 23.6 Å². The van der Waals surface area contributed by atoms with Gasteiger partial charge in [0.1, 0.15) is 5.82 Å². The van der Waals surface area contributed by atoms with Crippen molar-refractivity contribution in [3.63, 3.8) is 0 Å². The number of carbonyl (C=O) groups excluding carboxylic acids is 1. The first kappa shape index (κ1) is 18.6. The van der Waals surface area contributed by atoms with Crippen LogP contribution in [0.15, 0.2) is 43.0 Å². The fourth-order valence-electron chi connectivity index (χ4n) is 3.48. The van der Waals surface area contributed by atoms with E-state index in [0.717, 1.165) is 31.7 Å². The molecule has 1 fully saturated rings. The van der Waals surface area contributed by atoms with Crippen molar-refractivity contribution in [2.45, 2.75) is 39.4 Å². The van der Waals surface area contributed by atoms with Crippen LogP contribution < -0.4 is 0 Å². The number of imidazole rings is 1. The molecule has 0 saturated carbocycles. The first-order valence-corrected chi connectivity index (χ1v) is 9.25. The fraction of sp³-hybridized carbons (Fsp3) is 0.500. The van der Waals surface area contributed by atoms with Crippen molar-refractivity contribution in [2.75, 3.05) is 19.6 Å². The monoisotopic (exact) mass is 358 g/mol. The predicted octanol–water partition coefficient (Wildman–Crippen LogP) is 2.78. The highest BCUT2D eigenvalue weighted by Gasteiger charge is 2.31. The van der Waals surface area contributed by atoms with E-state index in [4.69, 9.17) is 0 Å². The normalized spacial score (nSPS) is 19.2. The van der Waals surface area contributed by atoms with Gasteiger partial charge in [-0.3, -0.25) is 9.69 Å². The Morgan fingerprint density at radius 1 is 1.23 bits per heavy atom. The summed E-state index contributed by atoms with van der Waals surface area (Å²) in [4.78, 5) is 21.2. The largest absolute Gasteiger partial charge is 0.336 e. The minimum Gasteiger partial charge on any atom is -0.336 e. The van der Waals surface area contributed by atoms with Gasteiger partial charge in [-0.1, -0.05) is 26.0 Å². The molecule has 2 heterocycles. The average Bonchev–Trinajstić information content (AvgIpc) is 3.08. The molecule has 6 heteroatoms. The summed E-state index contributed by atoms with van der Waals surface area (Å²) < 4.78 is 15.2. The van der Waals surface area contributed by atoms with Gasteiger partial charge in [-0.25, -0.2) is 9.37 Å². The molecule has 1 saturated heterocycles. The highest BCUT2D eigenvalue weighted by atomic mass is 19.1. The van der Waals surface area contributed by atoms with Crippen LogP contribution in [0.4, 0.5) is 4.39 Å². The second-order valence-corrected chi connectivity index (χ2v) is 7.31. The smallest absolute Gasteiger partial charge is 0.224 e. The lowest BCUT2D eigenvalue weighted by Crippen LogP contribution is -2.46. The van der Waals surface area contributed by atoms with Crippen LogP contribution in [0.3, 0.4) is 0 Å². The molecule has 1 aliphatic heterocycles. The molecule has 140 valence electrons. The Morgan fingerprint density at radius 3 is 2.65 bits per heavy atom. The lowest BCUT2D eigenvalue weighted by molar-refractivity contribution is -0.134. The van der Waals surface area contributed by atoms with E-state index in [9.17, 15) is 9.18 Å². The van der Waals surface area contributed by atoms with E-state index in [2.05, 4.69) is 28.3 Å². The summed E-state index contributed by atoms with van der Waals surface area (Å²) in [5.41, 5.74) is 0.970. The molecule has 1 aliphatic rings. The lowest BCUT2D eigenvalue weighted by atomic mass is 10.0. The van der Waals surface area contributed by atoms with Crippen molar-refractivity contribution in [1.82, 2.24) is 19.4 Å². The minimum atomic E-state index is -0.248. The summed E-state index contributed by atoms with van der Waals surface area (Å²) in [5.74, 6) is 0.286. The van der Waals surface area contributed by atoms with E-state index in [0.29, 0.717) is 18.9 Å². The van der Waals surface area contributed by atoms with E-state index in [1.807, 2.05) is 17.4 Å². The van der Waals surface area contributed by atoms with Crippen LogP contribution in [-0.4, -0.2) is 50.9 Å². The zero-order valence-corrected chi connectivity index (χ0v) is 15.5. The molecule has 0 radical (unpaired) electrons. The SMILES string of the molecule is CC(C)[C@@H]1CN(CCn2ccnc2)CCC(=O)N1Cc1ccc(F)cc1. The average molecular weight is 358 g/mol. The third kappa shape index (κ3) is 4.69. The van der Waals surface area contributed by atoms with Gasteiger partial charge in [0, 0.05) is 57.6 Å². The maximum atomic E-state index is 13.2. The predicted molar refractivity (Wildman–Crippen MR) is 98.9 cm³/mol. The third-order valence-electron chi connectivity index (χ3n) is 5.08. The van der Waals surface area contributed by atoms with E-state index in [1.54, 1.807) is 18.3 Å². The van der Waals surface area contributed by atoms with Gasteiger partial charge >= 0.3 is 0 Å². The van der Waals surface area contributed by atoms with Gasteiger partial charge < -0.3 is 9.47 Å². The van der Waals surface area contributed by atoms with E-state index in [1.165, 1.54) is 12.1 Å². The molecule has 0 N–H and O–H groups in total. The second kappa shape index (κ2) is 8.45. The molecule has 1 aromatic heterocycles. The third-order valence-corrected chi connectivity index (χ3v) is 5.08. The Balaban J connectivity index is 1.69. The number of amides is 1. The lowest BCUT2D eigenvalue weighted by Gasteiger charge is -2.35. The summed E-state index contributed by atoms with van der Waals surface area (Å²) >= 11 is 0. The van der Waals surface area contributed by atoms with Crippen LogP contribution in [-0.2, 0) is 17.9 Å². The molecule has 1 atom stereocenters. The highest BCUT2D eigenvalue weighted by Crippen LogP contribution is 2.21. The van der Waals surface area contributed by atoms with Crippen LogP contribution in [0.2, 0.25) is 0 Å². The maximum absolute atomic E-state index is 13.2. The fourth-order valence-corrected chi connectivity index (χ4v) is 3.48. The van der Waals surface area contributed by atoms with Gasteiger partial charge in [0.25, 0.3) is 0 Å². The molecular formula is C20H27FN4O. The Hall–Kier alpha value is -2.21. The number of rotatable bonds is 6. The summed E-state index contributed by atoms with van der Waals surface area (Å²) in [6, 6.07) is 6.60. The topological polar surface area (TPSA) is 41.4 Å². The van der Waals surface area contributed by atoms with E-state index < -0.39 is 0 Å². The summed E-state index contributed by atoms with van der Waals surface area (Å²) in [5, 5.41) is 0. The molecule has 0 bridgehead atoms. The van der Waals surface area contributed by atoms with Crippen molar-refractivity contribution in [2.24, 2.45) is 5.92 Å². The highest BCUT2D eigenvalue weighted by molar-refractivity contribution is 5.77. The van der Waals surface area contributed by atoms with Crippen molar-refractivity contribution in [3.05, 3.63) is 54.4 Å². The first-order valence-electron chi connectivity index (χ1n) is 9.25. The first-order chi connectivity index (χ1) is 12.5. The van der Waals surface area contributed by atoms with Gasteiger partial charge in [0.15, 0.2) is 0 Å². The molecule has 3 rings (SSSR count). The van der Waals surface area contributed by atoms with Crippen molar-refractivity contribution < 1.29 is 9.18 Å². The Labute approximate surface area is 154 Å². The molecule has 2 aromatic rings. The van der Waals surface area contributed by atoms with Crippen LogP contribution in [0.5, 0.6) is 0 Å². The Bertz CT molecular complexity index is 699. The van der Waals surface area contributed by atoms with Gasteiger partial charge in [-0.15, -0.1) is 0 Å². The summed E-state index contributed by atoms with van der Waals surface area (Å²) in [6.07, 6.45) is 6.09. The van der Waals surface area contributed by atoms with E-state index in [-0.39, 0.29) is 17.8 Å². The van der Waals surface area contributed by atoms with Crippen LogP contribution in [0.1, 0.15) is 25.8 Å². The standard InChI is InChI=1S/C20H27FN4O/c1-16(2)19-14-23(11-12-24-10-8-22-15-24)9-7-20(26)25(19)13-17-3-5-18(21)6-4-17/h3-6,8,10,15-16,19H,7,9,11-14H2,1-2H3/t19-/m0/s1. The molecule has 1 amide bonds. The molecule has 26 heavy (non-hydrogen) atoms. The second-order valence-electron chi connectivity index (χ2n) is 7.31. The number of aromatic nitrogens is 2. The van der Waals surface area contributed by atoms with Gasteiger partial charge in [0.05, 0.1) is 6.33 Å². The zero-order chi connectivity index (χ0) is 18.5. The van der Waals surface area contributed by atoms with Gasteiger partial charge in [0.2, 0.25) is 5.91 Å². The number of hydrogen-bond donors (Lipinski definition) is 0. The van der Waals surface area contributed by atoms with Gasteiger partial charge in [-0.2, -0.15) is 0 Å². The number of halogens is 1. The summed E-state index contributed by atoms with van der Waals surface area (Å²) in [7, 11) is 0. The van der Waals surface area contributed by atoms with Crippen molar-refractivity contribution in [1.29, 1.82) is 0 Å². The molecule has 0 spiro atoms. The zero-order valence-electron chi connectivity index (χ0n) is 15.5. The number of benzene rings is 1. The Morgan fingerprint density at radius 2 is 2.00 bits per heavy atom. The molecular weight excluding hydrogens is 331 g/mol. The van der Waals surface area contributed by atoms with Crippen molar-refractivity contribution in [3.8, 4) is 0 Å². The number of hydrogen-bond acceptors (Lipinski definition) is 3. The molecule has 0 unspecified atom stereocenters. The van der Waals surface area contributed by atoms with Crippen molar-refractivity contribution >= 4 is 5.91 Å². The minimum absolute atomic E-state index is 0.151. The molecule has 1 aromatic carbocycles. The molecule has 5 nitrogen and oxygen atoms in total. The van der Waals surface area contributed by atoms with Crippen LogP contribution >= 0.6 is 0 Å². The number of carbonyl (C=O) groups is 1. The maximum Gasteiger partial charge on any atom is 0.224 e. The van der Waals surface area contributed by atoms with E-state index >= 15 is 0 Å². The summed E-state index contributed by atoms with van der Waals surface area (Å²) in [6.45, 7) is 8.27.